The van der Waals surface area contributed by atoms with Crippen LogP contribution in [0.15, 0.2) is 72.9 Å². The highest BCUT2D eigenvalue weighted by atomic mass is 16.7. The zero-order valence-corrected chi connectivity index (χ0v) is 19.0. The van der Waals surface area contributed by atoms with Crippen molar-refractivity contribution in [3.63, 3.8) is 0 Å². The summed E-state index contributed by atoms with van der Waals surface area (Å²) in [4.78, 5) is 37.7. The lowest BCUT2D eigenvalue weighted by Crippen LogP contribution is -2.39. The molecule has 0 aliphatic heterocycles. The maximum absolute atomic E-state index is 12.1. The summed E-state index contributed by atoms with van der Waals surface area (Å²) < 4.78 is 10.5. The van der Waals surface area contributed by atoms with Gasteiger partial charge in [-0.1, -0.05) is 48.5 Å². The Labute approximate surface area is 198 Å². The summed E-state index contributed by atoms with van der Waals surface area (Å²) in [6.07, 6.45) is 3.47. The first-order valence-corrected chi connectivity index (χ1v) is 11.0. The van der Waals surface area contributed by atoms with Crippen LogP contribution >= 0.6 is 0 Å². The summed E-state index contributed by atoms with van der Waals surface area (Å²) in [5.41, 5.74) is 3.97. The molecule has 0 aliphatic carbocycles. The average Bonchev–Trinajstić information content (AvgIpc) is 2.89. The van der Waals surface area contributed by atoms with Gasteiger partial charge in [0.1, 0.15) is 12.6 Å². The molecule has 9 heteroatoms. The lowest BCUT2D eigenvalue weighted by molar-refractivity contribution is -0.146. The second-order valence-electron chi connectivity index (χ2n) is 7.36. The van der Waals surface area contributed by atoms with Gasteiger partial charge in [0.05, 0.1) is 12.7 Å². The van der Waals surface area contributed by atoms with Crippen LogP contribution in [0.4, 0.5) is 5.95 Å². The van der Waals surface area contributed by atoms with Crippen LogP contribution in [-0.4, -0.2) is 41.6 Å². The van der Waals surface area contributed by atoms with Crippen LogP contribution in [0.2, 0.25) is 0 Å². The summed E-state index contributed by atoms with van der Waals surface area (Å²) in [5.74, 6) is -0.121. The molecular formula is C25H28N4O5. The number of rotatable bonds is 13. The molecule has 1 aromatic heterocycles. The van der Waals surface area contributed by atoms with Gasteiger partial charge in [-0.05, 0) is 37.0 Å². The quantitative estimate of drug-likeness (QED) is 0.223. The molecule has 0 bridgehead atoms. The molecule has 0 saturated heterocycles. The van der Waals surface area contributed by atoms with E-state index in [0.717, 1.165) is 12.0 Å². The van der Waals surface area contributed by atoms with Crippen LogP contribution in [0.5, 0.6) is 5.88 Å². The van der Waals surface area contributed by atoms with Crippen LogP contribution in [0.25, 0.3) is 0 Å². The molecule has 2 N–H and O–H groups in total. The van der Waals surface area contributed by atoms with Crippen molar-refractivity contribution in [1.29, 1.82) is 0 Å². The number of hydrogen-bond donors (Lipinski definition) is 2. The molecular weight excluding hydrogens is 436 g/mol. The number of ether oxygens (including phenoxy) is 2. The third-order valence-electron chi connectivity index (χ3n) is 4.85. The van der Waals surface area contributed by atoms with Gasteiger partial charge >= 0.3 is 11.9 Å². The van der Waals surface area contributed by atoms with E-state index in [2.05, 4.69) is 20.8 Å². The molecule has 178 valence electrons. The second-order valence-corrected chi connectivity index (χ2v) is 7.36. The van der Waals surface area contributed by atoms with E-state index >= 15 is 0 Å². The summed E-state index contributed by atoms with van der Waals surface area (Å²) in [6.45, 7) is 1.02. The van der Waals surface area contributed by atoms with Crippen molar-refractivity contribution in [3.8, 4) is 5.88 Å². The van der Waals surface area contributed by atoms with Crippen LogP contribution in [0.3, 0.4) is 0 Å². The van der Waals surface area contributed by atoms with E-state index in [4.69, 9.17) is 14.3 Å². The van der Waals surface area contributed by atoms with Crippen LogP contribution in [-0.2, 0) is 21.0 Å². The molecule has 0 amide bonds. The van der Waals surface area contributed by atoms with Crippen molar-refractivity contribution < 1.29 is 23.9 Å². The van der Waals surface area contributed by atoms with Gasteiger partial charge in [-0.3, -0.25) is 4.79 Å². The van der Waals surface area contributed by atoms with Crippen molar-refractivity contribution in [3.05, 3.63) is 84.1 Å². The van der Waals surface area contributed by atoms with E-state index < -0.39 is 18.0 Å². The van der Waals surface area contributed by atoms with Gasteiger partial charge in [0.2, 0.25) is 11.8 Å². The molecule has 0 fully saturated rings. The highest BCUT2D eigenvalue weighted by Gasteiger charge is 2.21. The Kier molecular flexibility index (Phi) is 9.82. The smallest absolute Gasteiger partial charge is 0.356 e. The highest BCUT2D eigenvalue weighted by Crippen LogP contribution is 2.12. The first-order chi connectivity index (χ1) is 16.7. The number of nitrogens with zero attached hydrogens (tertiary/aromatic N) is 2. The fourth-order valence-electron chi connectivity index (χ4n) is 3.04. The highest BCUT2D eigenvalue weighted by molar-refractivity contribution is 5.89. The standard InChI is InChI=1S/C25H28N4O5/c1-32-24(31)21(29-34-23(30)20-12-6-3-7-13-20)14-8-9-16-26-25-27-17-15-22(28-25)33-18-19-10-4-2-5-11-19/h2-7,10-13,15,17,21,29H,8-9,14,16,18H2,1H3,(H,26,27,28). The first kappa shape index (κ1) is 24.7. The molecule has 0 aliphatic rings. The number of anilines is 1. The minimum absolute atomic E-state index is 0.387. The largest absolute Gasteiger partial charge is 0.473 e. The molecule has 0 saturated carbocycles. The summed E-state index contributed by atoms with van der Waals surface area (Å²) in [7, 11) is 1.29. The molecule has 3 rings (SSSR count). The van der Waals surface area contributed by atoms with E-state index in [1.807, 2.05) is 30.3 Å². The Hall–Kier alpha value is -3.98. The predicted octanol–water partition coefficient (Wildman–Crippen LogP) is 3.54. The van der Waals surface area contributed by atoms with Crippen LogP contribution < -0.4 is 15.5 Å². The Balaban J connectivity index is 1.38. The lowest BCUT2D eigenvalue weighted by atomic mass is 10.1. The number of carbonyl (C=O) groups is 2. The van der Waals surface area contributed by atoms with E-state index in [9.17, 15) is 9.59 Å². The molecule has 3 aromatic rings. The van der Waals surface area contributed by atoms with E-state index in [1.165, 1.54) is 7.11 Å². The molecule has 0 radical (unpaired) electrons. The van der Waals surface area contributed by atoms with Gasteiger partial charge in [-0.2, -0.15) is 4.98 Å². The molecule has 2 aromatic carbocycles. The van der Waals surface area contributed by atoms with Crippen molar-refractivity contribution in [2.75, 3.05) is 19.0 Å². The van der Waals surface area contributed by atoms with Crippen LogP contribution in [0.1, 0.15) is 35.2 Å². The van der Waals surface area contributed by atoms with E-state index in [-0.39, 0.29) is 0 Å². The minimum Gasteiger partial charge on any atom is -0.473 e. The number of hydrogen-bond acceptors (Lipinski definition) is 9. The van der Waals surface area contributed by atoms with Gasteiger partial charge in [0.15, 0.2) is 0 Å². The zero-order chi connectivity index (χ0) is 24.0. The normalized spacial score (nSPS) is 11.3. The van der Waals surface area contributed by atoms with Crippen molar-refractivity contribution >= 4 is 17.9 Å². The van der Waals surface area contributed by atoms with Crippen molar-refractivity contribution in [2.24, 2.45) is 0 Å². The number of carbonyl (C=O) groups excluding carboxylic acids is 2. The van der Waals surface area contributed by atoms with Gasteiger partial charge in [-0.15, -0.1) is 5.48 Å². The zero-order valence-electron chi connectivity index (χ0n) is 19.0. The maximum atomic E-state index is 12.1. The third-order valence-corrected chi connectivity index (χ3v) is 4.85. The average molecular weight is 465 g/mol. The topological polar surface area (TPSA) is 112 Å². The van der Waals surface area contributed by atoms with Crippen LogP contribution in [0, 0.1) is 0 Å². The second kappa shape index (κ2) is 13.5. The predicted molar refractivity (Wildman–Crippen MR) is 126 cm³/mol. The Morgan fingerprint density at radius 3 is 2.44 bits per heavy atom. The van der Waals surface area contributed by atoms with E-state index in [0.29, 0.717) is 43.4 Å². The first-order valence-electron chi connectivity index (χ1n) is 11.0. The third kappa shape index (κ3) is 8.18. The van der Waals surface area contributed by atoms with Gasteiger partial charge in [0, 0.05) is 18.8 Å². The number of nitrogens with one attached hydrogen (secondary N) is 2. The summed E-state index contributed by atoms with van der Waals surface area (Å²) in [5, 5.41) is 3.15. The Morgan fingerprint density at radius 1 is 0.971 bits per heavy atom. The maximum Gasteiger partial charge on any atom is 0.356 e. The SMILES string of the molecule is COC(=O)C(CCCCNc1nccc(OCc2ccccc2)n1)NOC(=O)c1ccccc1. The number of hydroxylamine groups is 1. The number of methoxy groups -OCH3 is 1. The van der Waals surface area contributed by atoms with Crippen molar-refractivity contribution in [2.45, 2.75) is 31.9 Å². The molecule has 1 atom stereocenters. The monoisotopic (exact) mass is 464 g/mol. The molecule has 9 nitrogen and oxygen atoms in total. The number of benzene rings is 2. The molecule has 1 unspecified atom stereocenters. The van der Waals surface area contributed by atoms with Crippen molar-refractivity contribution in [1.82, 2.24) is 15.4 Å². The Bertz CT molecular complexity index is 1030. The summed E-state index contributed by atoms with van der Waals surface area (Å²) in [6, 6.07) is 19.3. The molecule has 1 heterocycles. The number of esters is 1. The van der Waals surface area contributed by atoms with Gasteiger partial charge in [0.25, 0.3) is 0 Å². The number of unbranched alkanes of at least 4 members (excludes halogenated alkanes) is 1. The van der Waals surface area contributed by atoms with Gasteiger partial charge < -0.3 is 19.6 Å². The Morgan fingerprint density at radius 2 is 1.71 bits per heavy atom. The fourth-order valence-corrected chi connectivity index (χ4v) is 3.04. The molecule has 0 spiro atoms. The van der Waals surface area contributed by atoms with E-state index in [1.54, 1.807) is 42.6 Å². The van der Waals surface area contributed by atoms with Gasteiger partial charge in [-0.25, -0.2) is 9.78 Å². The molecule has 34 heavy (non-hydrogen) atoms. The fraction of sp³-hybridized carbons (Fsp3) is 0.280. The summed E-state index contributed by atoms with van der Waals surface area (Å²) >= 11 is 0. The minimum atomic E-state index is -0.761. The number of aromatic nitrogens is 2. The lowest BCUT2D eigenvalue weighted by Gasteiger charge is -2.16.